The average Bonchev–Trinajstić information content (AvgIpc) is 2.08. The molecule has 0 saturated carbocycles. The summed E-state index contributed by atoms with van der Waals surface area (Å²) >= 11 is 10.9. The molecule has 1 heterocycles. The van der Waals surface area contributed by atoms with Crippen LogP contribution in [0.5, 0.6) is 0 Å². The Labute approximate surface area is 87.3 Å². The number of aromatic nitrogens is 1. The third kappa shape index (κ3) is 2.10. The minimum absolute atomic E-state index is 0.255. The van der Waals surface area contributed by atoms with Gasteiger partial charge in [-0.25, -0.2) is 18.6 Å². The molecule has 0 unspecified atom stereocenters. The number of halogens is 4. The van der Waals surface area contributed by atoms with Gasteiger partial charge in [-0.05, 0) is 6.07 Å². The molecular formula is C7H3Cl2F2NO2. The maximum absolute atomic E-state index is 12.2. The number of hydrogen-bond donors (Lipinski definition) is 1. The van der Waals surface area contributed by atoms with Crippen molar-refractivity contribution >= 4 is 29.2 Å². The molecular weight excluding hydrogens is 239 g/mol. The summed E-state index contributed by atoms with van der Waals surface area (Å²) in [7, 11) is 0. The van der Waals surface area contributed by atoms with E-state index in [1.807, 2.05) is 0 Å². The first-order chi connectivity index (χ1) is 6.43. The SMILES string of the molecule is O=C(O)c1nc(C(F)F)cc(Cl)c1Cl. The summed E-state index contributed by atoms with van der Waals surface area (Å²) in [5.41, 5.74) is -1.38. The Morgan fingerprint density at radius 1 is 1.50 bits per heavy atom. The Morgan fingerprint density at radius 3 is 2.50 bits per heavy atom. The molecule has 0 amide bonds. The number of carboxylic acid groups (broad SMARTS) is 1. The van der Waals surface area contributed by atoms with Gasteiger partial charge in [-0.15, -0.1) is 0 Å². The third-order valence-corrected chi connectivity index (χ3v) is 2.14. The van der Waals surface area contributed by atoms with E-state index in [4.69, 9.17) is 28.3 Å². The van der Waals surface area contributed by atoms with Crippen molar-refractivity contribution < 1.29 is 18.7 Å². The summed E-state index contributed by atoms with van der Waals surface area (Å²) in [6.45, 7) is 0. The molecule has 0 saturated heterocycles. The van der Waals surface area contributed by atoms with Crippen LogP contribution in [0.1, 0.15) is 22.6 Å². The Morgan fingerprint density at radius 2 is 2.07 bits per heavy atom. The molecule has 0 aliphatic carbocycles. The van der Waals surface area contributed by atoms with Crippen molar-refractivity contribution in [2.75, 3.05) is 0 Å². The van der Waals surface area contributed by atoms with E-state index in [1.165, 1.54) is 0 Å². The third-order valence-electron chi connectivity index (χ3n) is 1.36. The molecule has 0 fully saturated rings. The van der Waals surface area contributed by atoms with E-state index >= 15 is 0 Å². The summed E-state index contributed by atoms with van der Waals surface area (Å²) in [5, 5.41) is 7.95. The zero-order valence-corrected chi connectivity index (χ0v) is 7.98. The van der Waals surface area contributed by atoms with E-state index in [2.05, 4.69) is 4.98 Å². The lowest BCUT2D eigenvalue weighted by atomic mass is 10.3. The minimum atomic E-state index is -2.89. The van der Waals surface area contributed by atoms with Gasteiger partial charge in [-0.2, -0.15) is 0 Å². The number of alkyl halides is 2. The molecule has 14 heavy (non-hydrogen) atoms. The van der Waals surface area contributed by atoms with Crippen LogP contribution in [0.25, 0.3) is 0 Å². The van der Waals surface area contributed by atoms with Crippen LogP contribution in [0.2, 0.25) is 10.0 Å². The zero-order valence-electron chi connectivity index (χ0n) is 6.47. The monoisotopic (exact) mass is 241 g/mol. The van der Waals surface area contributed by atoms with Crippen molar-refractivity contribution in [1.82, 2.24) is 4.98 Å². The fourth-order valence-electron chi connectivity index (χ4n) is 0.770. The van der Waals surface area contributed by atoms with Crippen molar-refractivity contribution in [3.8, 4) is 0 Å². The van der Waals surface area contributed by atoms with Crippen LogP contribution in [0.15, 0.2) is 6.07 Å². The topological polar surface area (TPSA) is 50.2 Å². The van der Waals surface area contributed by atoms with Gasteiger partial charge in [0.05, 0.1) is 10.0 Å². The van der Waals surface area contributed by atoms with E-state index in [0.717, 1.165) is 6.07 Å². The number of hydrogen-bond acceptors (Lipinski definition) is 2. The highest BCUT2D eigenvalue weighted by Gasteiger charge is 2.19. The van der Waals surface area contributed by atoms with Crippen molar-refractivity contribution in [1.29, 1.82) is 0 Å². The highest BCUT2D eigenvalue weighted by atomic mass is 35.5. The second kappa shape index (κ2) is 4.06. The Balaban J connectivity index is 3.35. The second-order valence-electron chi connectivity index (χ2n) is 2.30. The summed E-state index contributed by atoms with van der Waals surface area (Å²) in [6, 6.07) is 0.834. The molecule has 1 aromatic rings. The largest absolute Gasteiger partial charge is 0.476 e. The summed E-state index contributed by atoms with van der Waals surface area (Å²) in [5.74, 6) is -1.50. The standard InChI is InChI=1S/C7H3Cl2F2NO2/c8-2-1-3(6(10)11)12-5(4(2)9)7(13)14/h1,6H,(H,13,14). The highest BCUT2D eigenvalue weighted by molar-refractivity contribution is 6.43. The maximum atomic E-state index is 12.2. The molecule has 0 atom stereocenters. The van der Waals surface area contributed by atoms with Crippen LogP contribution < -0.4 is 0 Å². The molecule has 1 rings (SSSR count). The van der Waals surface area contributed by atoms with Crippen molar-refractivity contribution in [3.05, 3.63) is 27.5 Å². The quantitative estimate of drug-likeness (QED) is 0.866. The summed E-state index contributed by atoms with van der Waals surface area (Å²) in [6.07, 6.45) is -2.89. The molecule has 0 radical (unpaired) electrons. The van der Waals surface area contributed by atoms with Gasteiger partial charge in [0.15, 0.2) is 5.69 Å². The normalized spacial score (nSPS) is 10.6. The first-order valence-corrected chi connectivity index (χ1v) is 4.06. The Hall–Kier alpha value is -0.940. The predicted octanol–water partition coefficient (Wildman–Crippen LogP) is 3.02. The van der Waals surface area contributed by atoms with E-state index < -0.39 is 23.8 Å². The predicted molar refractivity (Wildman–Crippen MR) is 46.2 cm³/mol. The fraction of sp³-hybridized carbons (Fsp3) is 0.143. The zero-order chi connectivity index (χ0) is 10.9. The van der Waals surface area contributed by atoms with Crippen molar-refractivity contribution in [2.45, 2.75) is 6.43 Å². The van der Waals surface area contributed by atoms with Gasteiger partial charge in [0.2, 0.25) is 0 Å². The van der Waals surface area contributed by atoms with Gasteiger partial charge in [0, 0.05) is 0 Å². The number of pyridine rings is 1. The Bertz CT molecular complexity index is 384. The van der Waals surface area contributed by atoms with Gasteiger partial charge in [-0.1, -0.05) is 23.2 Å². The number of nitrogens with zero attached hydrogens (tertiary/aromatic N) is 1. The van der Waals surface area contributed by atoms with E-state index in [-0.39, 0.29) is 10.0 Å². The number of aromatic carboxylic acids is 1. The summed E-state index contributed by atoms with van der Waals surface area (Å²) in [4.78, 5) is 13.7. The molecule has 0 spiro atoms. The van der Waals surface area contributed by atoms with Gasteiger partial charge in [0.25, 0.3) is 6.43 Å². The van der Waals surface area contributed by atoms with Crippen LogP contribution in [0.3, 0.4) is 0 Å². The molecule has 0 aliphatic heterocycles. The van der Waals surface area contributed by atoms with Gasteiger partial charge < -0.3 is 5.11 Å². The lowest BCUT2D eigenvalue weighted by Gasteiger charge is -2.04. The average molecular weight is 242 g/mol. The second-order valence-corrected chi connectivity index (χ2v) is 3.08. The molecule has 1 aromatic heterocycles. The summed E-state index contributed by atoms with van der Waals surface area (Å²) < 4.78 is 24.3. The number of rotatable bonds is 2. The van der Waals surface area contributed by atoms with Crippen LogP contribution in [-0.2, 0) is 0 Å². The molecule has 0 aliphatic rings. The smallest absolute Gasteiger partial charge is 0.356 e. The number of carboxylic acids is 1. The Kier molecular flexibility index (Phi) is 3.23. The van der Waals surface area contributed by atoms with E-state index in [1.54, 1.807) is 0 Å². The van der Waals surface area contributed by atoms with Crippen LogP contribution in [0, 0.1) is 0 Å². The molecule has 1 N–H and O–H groups in total. The van der Waals surface area contributed by atoms with E-state index in [0.29, 0.717) is 0 Å². The molecule has 7 heteroatoms. The molecule has 76 valence electrons. The van der Waals surface area contributed by atoms with Gasteiger partial charge in [-0.3, -0.25) is 0 Å². The highest BCUT2D eigenvalue weighted by Crippen LogP contribution is 2.29. The van der Waals surface area contributed by atoms with Crippen LogP contribution >= 0.6 is 23.2 Å². The molecule has 0 bridgehead atoms. The van der Waals surface area contributed by atoms with Crippen molar-refractivity contribution in [2.24, 2.45) is 0 Å². The fourth-order valence-corrected chi connectivity index (χ4v) is 1.15. The van der Waals surface area contributed by atoms with Crippen molar-refractivity contribution in [3.63, 3.8) is 0 Å². The lowest BCUT2D eigenvalue weighted by molar-refractivity contribution is 0.0689. The molecule has 3 nitrogen and oxygen atoms in total. The van der Waals surface area contributed by atoms with Crippen LogP contribution in [-0.4, -0.2) is 16.1 Å². The minimum Gasteiger partial charge on any atom is -0.476 e. The lowest BCUT2D eigenvalue weighted by Crippen LogP contribution is -2.05. The van der Waals surface area contributed by atoms with Gasteiger partial charge in [0.1, 0.15) is 5.69 Å². The first kappa shape index (κ1) is 11.1. The van der Waals surface area contributed by atoms with Crippen LogP contribution in [0.4, 0.5) is 8.78 Å². The van der Waals surface area contributed by atoms with Gasteiger partial charge >= 0.3 is 5.97 Å². The molecule has 0 aromatic carbocycles. The maximum Gasteiger partial charge on any atom is 0.356 e. The first-order valence-electron chi connectivity index (χ1n) is 3.31. The number of carbonyl (C=O) groups is 1. The van der Waals surface area contributed by atoms with E-state index in [9.17, 15) is 13.6 Å².